The Morgan fingerprint density at radius 1 is 1.17 bits per heavy atom. The Morgan fingerprint density at radius 3 is 2.59 bits per heavy atom. The van der Waals surface area contributed by atoms with E-state index in [0.717, 1.165) is 0 Å². The molecule has 0 saturated carbocycles. The van der Waals surface area contributed by atoms with Crippen molar-refractivity contribution >= 4 is 33.9 Å². The lowest BCUT2D eigenvalue weighted by Gasteiger charge is -2.22. The molecule has 4 rings (SSSR count). The van der Waals surface area contributed by atoms with Crippen LogP contribution in [0.25, 0.3) is 5.76 Å². The predicted molar refractivity (Wildman–Crippen MR) is 107 cm³/mol. The van der Waals surface area contributed by atoms with Gasteiger partial charge in [0, 0.05) is 18.0 Å². The number of carbonyl (C=O) groups excluding carboxylic acids is 2. The van der Waals surface area contributed by atoms with Crippen LogP contribution in [0.2, 0.25) is 0 Å². The van der Waals surface area contributed by atoms with Crippen LogP contribution < -0.4 is 9.64 Å². The first kappa shape index (κ1) is 18.8. The Balaban J connectivity index is 1.95. The van der Waals surface area contributed by atoms with Gasteiger partial charge in [0.15, 0.2) is 0 Å². The van der Waals surface area contributed by atoms with Crippen molar-refractivity contribution in [1.29, 1.82) is 0 Å². The molecule has 0 aliphatic carbocycles. The summed E-state index contributed by atoms with van der Waals surface area (Å²) in [5.74, 6) is -1.28. The van der Waals surface area contributed by atoms with Gasteiger partial charge in [-0.25, -0.2) is 0 Å². The molecule has 1 aliphatic heterocycles. The molecule has 1 N–H and O–H groups in total. The van der Waals surface area contributed by atoms with E-state index in [-0.39, 0.29) is 16.5 Å². The van der Waals surface area contributed by atoms with E-state index >= 15 is 0 Å². The van der Waals surface area contributed by atoms with Crippen molar-refractivity contribution in [3.05, 3.63) is 70.5 Å². The zero-order chi connectivity index (χ0) is 20.5. The van der Waals surface area contributed by atoms with E-state index in [1.54, 1.807) is 43.3 Å². The average Bonchev–Trinajstić information content (AvgIpc) is 3.29. The quantitative estimate of drug-likeness (QED) is 0.402. The minimum absolute atomic E-state index is 0.0256. The molecule has 146 valence electrons. The SMILES string of the molecule is COc1cccc(C2/C(=C(\O)c3ccncc3)C(=O)C(=O)N2c2nnc(C)s2)c1. The minimum atomic E-state index is -0.870. The van der Waals surface area contributed by atoms with Gasteiger partial charge in [0.25, 0.3) is 5.78 Å². The lowest BCUT2D eigenvalue weighted by molar-refractivity contribution is -0.132. The first-order valence-electron chi connectivity index (χ1n) is 8.66. The van der Waals surface area contributed by atoms with Crippen LogP contribution in [0.3, 0.4) is 0 Å². The number of rotatable bonds is 4. The highest BCUT2D eigenvalue weighted by molar-refractivity contribution is 7.15. The number of hydrogen-bond acceptors (Lipinski definition) is 8. The van der Waals surface area contributed by atoms with Crippen molar-refractivity contribution in [2.24, 2.45) is 0 Å². The first-order valence-corrected chi connectivity index (χ1v) is 9.48. The second-order valence-electron chi connectivity index (χ2n) is 6.29. The van der Waals surface area contributed by atoms with Gasteiger partial charge >= 0.3 is 5.91 Å². The van der Waals surface area contributed by atoms with Crippen molar-refractivity contribution in [1.82, 2.24) is 15.2 Å². The molecule has 1 amide bonds. The summed E-state index contributed by atoms with van der Waals surface area (Å²) in [6, 6.07) is 9.27. The predicted octanol–water partition coefficient (Wildman–Crippen LogP) is 2.88. The van der Waals surface area contributed by atoms with E-state index in [1.165, 1.54) is 35.7 Å². The minimum Gasteiger partial charge on any atom is -0.507 e. The molecule has 1 unspecified atom stereocenters. The molecular formula is C20H16N4O4S. The average molecular weight is 408 g/mol. The van der Waals surface area contributed by atoms with E-state index in [1.807, 2.05) is 0 Å². The molecule has 0 bridgehead atoms. The lowest BCUT2D eigenvalue weighted by atomic mass is 9.95. The molecule has 0 radical (unpaired) electrons. The Kier molecular flexibility index (Phi) is 4.81. The summed E-state index contributed by atoms with van der Waals surface area (Å²) in [6.07, 6.45) is 3.00. The number of anilines is 1. The summed E-state index contributed by atoms with van der Waals surface area (Å²) >= 11 is 1.19. The fourth-order valence-electron chi connectivity index (χ4n) is 3.21. The number of methoxy groups -OCH3 is 1. The molecule has 29 heavy (non-hydrogen) atoms. The third kappa shape index (κ3) is 3.25. The third-order valence-electron chi connectivity index (χ3n) is 4.53. The number of Topliss-reactive ketones (excluding diaryl/α,β-unsaturated/α-hetero) is 1. The fraction of sp³-hybridized carbons (Fsp3) is 0.150. The Bertz CT molecular complexity index is 1130. The van der Waals surface area contributed by atoms with Gasteiger partial charge in [0.05, 0.1) is 18.7 Å². The summed E-state index contributed by atoms with van der Waals surface area (Å²) in [5, 5.41) is 19.9. The number of pyridine rings is 1. The lowest BCUT2D eigenvalue weighted by Crippen LogP contribution is -2.29. The molecule has 1 aliphatic rings. The summed E-state index contributed by atoms with van der Waals surface area (Å²) < 4.78 is 5.29. The standard InChI is InChI=1S/C20H16N4O4S/c1-11-22-23-20(29-11)24-16(13-4-3-5-14(10-13)28-2)15(18(26)19(24)27)17(25)12-6-8-21-9-7-12/h3-10,16,25H,1-2H3/b17-15+. The topological polar surface area (TPSA) is 106 Å². The second-order valence-corrected chi connectivity index (χ2v) is 7.45. The fourth-order valence-corrected chi connectivity index (χ4v) is 3.92. The van der Waals surface area contributed by atoms with Crippen LogP contribution in [0.1, 0.15) is 22.2 Å². The largest absolute Gasteiger partial charge is 0.507 e. The Morgan fingerprint density at radius 2 is 1.93 bits per heavy atom. The van der Waals surface area contributed by atoms with Crippen LogP contribution in [0.5, 0.6) is 5.75 Å². The van der Waals surface area contributed by atoms with E-state index in [0.29, 0.717) is 21.9 Å². The number of benzene rings is 1. The van der Waals surface area contributed by atoms with Crippen LogP contribution in [-0.2, 0) is 9.59 Å². The summed E-state index contributed by atoms with van der Waals surface area (Å²) in [4.78, 5) is 31.1. The number of hydrogen-bond donors (Lipinski definition) is 1. The van der Waals surface area contributed by atoms with E-state index in [9.17, 15) is 14.7 Å². The van der Waals surface area contributed by atoms with Crippen molar-refractivity contribution in [2.45, 2.75) is 13.0 Å². The van der Waals surface area contributed by atoms with Gasteiger partial charge in [-0.3, -0.25) is 19.5 Å². The molecule has 1 atom stereocenters. The molecule has 1 aromatic carbocycles. The summed E-state index contributed by atoms with van der Waals surface area (Å²) in [6.45, 7) is 1.76. The van der Waals surface area contributed by atoms with E-state index < -0.39 is 17.7 Å². The molecule has 9 heteroatoms. The van der Waals surface area contributed by atoms with Gasteiger partial charge in [-0.15, -0.1) is 10.2 Å². The molecule has 3 aromatic rings. The molecule has 3 heterocycles. The first-order chi connectivity index (χ1) is 14.0. The van der Waals surface area contributed by atoms with Crippen LogP contribution in [0.15, 0.2) is 54.4 Å². The number of ether oxygens (including phenoxy) is 1. The molecule has 1 fully saturated rings. The van der Waals surface area contributed by atoms with Crippen LogP contribution >= 0.6 is 11.3 Å². The normalized spacial score (nSPS) is 18.3. The van der Waals surface area contributed by atoms with Gasteiger partial charge in [-0.05, 0) is 36.8 Å². The maximum absolute atomic E-state index is 12.9. The maximum atomic E-state index is 12.9. The Labute approximate surface area is 170 Å². The van der Waals surface area contributed by atoms with Gasteiger partial charge in [-0.1, -0.05) is 23.5 Å². The maximum Gasteiger partial charge on any atom is 0.301 e. The zero-order valence-electron chi connectivity index (χ0n) is 15.6. The van der Waals surface area contributed by atoms with Crippen molar-refractivity contribution in [3.8, 4) is 5.75 Å². The van der Waals surface area contributed by atoms with Gasteiger partial charge in [-0.2, -0.15) is 0 Å². The van der Waals surface area contributed by atoms with Crippen molar-refractivity contribution < 1.29 is 19.4 Å². The molecule has 2 aromatic heterocycles. The molecule has 8 nitrogen and oxygen atoms in total. The highest BCUT2D eigenvalue weighted by atomic mass is 32.1. The molecule has 0 spiro atoms. The monoisotopic (exact) mass is 408 g/mol. The smallest absolute Gasteiger partial charge is 0.301 e. The van der Waals surface area contributed by atoms with Crippen molar-refractivity contribution in [2.75, 3.05) is 12.0 Å². The number of aromatic nitrogens is 3. The zero-order valence-corrected chi connectivity index (χ0v) is 16.4. The highest BCUT2D eigenvalue weighted by Gasteiger charge is 2.48. The number of nitrogens with zero attached hydrogens (tertiary/aromatic N) is 4. The number of aliphatic hydroxyl groups excluding tert-OH is 1. The van der Waals surface area contributed by atoms with E-state index in [2.05, 4.69) is 15.2 Å². The van der Waals surface area contributed by atoms with E-state index in [4.69, 9.17) is 4.74 Å². The van der Waals surface area contributed by atoms with Crippen LogP contribution in [-0.4, -0.2) is 39.1 Å². The van der Waals surface area contributed by atoms with Gasteiger partial charge in [0.1, 0.15) is 16.5 Å². The third-order valence-corrected chi connectivity index (χ3v) is 5.37. The second kappa shape index (κ2) is 7.44. The van der Waals surface area contributed by atoms with Gasteiger partial charge < -0.3 is 9.84 Å². The van der Waals surface area contributed by atoms with Crippen LogP contribution in [0.4, 0.5) is 5.13 Å². The summed E-state index contributed by atoms with van der Waals surface area (Å²) in [5.41, 5.74) is 0.966. The number of carbonyl (C=O) groups is 2. The molecule has 1 saturated heterocycles. The number of aliphatic hydroxyl groups is 1. The van der Waals surface area contributed by atoms with Crippen molar-refractivity contribution in [3.63, 3.8) is 0 Å². The summed E-state index contributed by atoms with van der Waals surface area (Å²) in [7, 11) is 1.53. The Hall–Kier alpha value is -3.59. The van der Waals surface area contributed by atoms with Gasteiger partial charge in [0.2, 0.25) is 5.13 Å². The number of amides is 1. The molecular weight excluding hydrogens is 392 g/mol. The highest BCUT2D eigenvalue weighted by Crippen LogP contribution is 2.43. The number of aryl methyl sites for hydroxylation is 1. The number of ketones is 1. The van der Waals surface area contributed by atoms with Crippen LogP contribution in [0, 0.1) is 6.92 Å².